The number of carbonyl (C=O) groups is 1. The van der Waals surface area contributed by atoms with Crippen molar-refractivity contribution in [1.82, 2.24) is 0 Å². The molecule has 0 aromatic heterocycles. The SMILES string of the molecule is O=C1OCCC[C@H]1c1ccc(Cl)c(Cl)c1. The van der Waals surface area contributed by atoms with Gasteiger partial charge in [-0.25, -0.2) is 0 Å². The van der Waals surface area contributed by atoms with Gasteiger partial charge in [0, 0.05) is 0 Å². The highest BCUT2D eigenvalue weighted by molar-refractivity contribution is 6.42. The van der Waals surface area contributed by atoms with Crippen LogP contribution in [0, 0.1) is 0 Å². The summed E-state index contributed by atoms with van der Waals surface area (Å²) in [6, 6.07) is 5.27. The minimum absolute atomic E-state index is 0.167. The van der Waals surface area contributed by atoms with Crippen molar-refractivity contribution in [1.29, 1.82) is 0 Å². The van der Waals surface area contributed by atoms with Gasteiger partial charge in [0.2, 0.25) is 0 Å². The number of esters is 1. The summed E-state index contributed by atoms with van der Waals surface area (Å²) >= 11 is 11.7. The molecule has 0 spiro atoms. The second-order valence-electron chi connectivity index (χ2n) is 3.54. The lowest BCUT2D eigenvalue weighted by Gasteiger charge is -2.21. The summed E-state index contributed by atoms with van der Waals surface area (Å²) in [5.74, 6) is -0.354. The van der Waals surface area contributed by atoms with Crippen LogP contribution in [0.5, 0.6) is 0 Å². The molecule has 1 aromatic carbocycles. The standard InChI is InChI=1S/C11H10Cl2O2/c12-9-4-3-7(6-10(9)13)8-2-1-5-15-11(8)14/h3-4,6,8H,1-2,5H2/t8-/m0/s1. The van der Waals surface area contributed by atoms with E-state index in [1.54, 1.807) is 12.1 Å². The third kappa shape index (κ3) is 2.27. The number of hydrogen-bond donors (Lipinski definition) is 0. The fourth-order valence-corrected chi connectivity index (χ4v) is 2.02. The molecule has 1 aromatic rings. The zero-order valence-corrected chi connectivity index (χ0v) is 9.52. The molecule has 2 nitrogen and oxygen atoms in total. The van der Waals surface area contributed by atoms with E-state index in [2.05, 4.69) is 0 Å². The largest absolute Gasteiger partial charge is 0.465 e. The molecule has 0 N–H and O–H groups in total. The van der Waals surface area contributed by atoms with Crippen LogP contribution in [0.2, 0.25) is 10.0 Å². The van der Waals surface area contributed by atoms with Gasteiger partial charge in [-0.15, -0.1) is 0 Å². The quantitative estimate of drug-likeness (QED) is 0.708. The van der Waals surface area contributed by atoms with Gasteiger partial charge in [-0.3, -0.25) is 4.79 Å². The molecule has 0 unspecified atom stereocenters. The van der Waals surface area contributed by atoms with Gasteiger partial charge in [0.15, 0.2) is 0 Å². The van der Waals surface area contributed by atoms with Gasteiger partial charge in [-0.1, -0.05) is 29.3 Å². The average Bonchev–Trinajstić information content (AvgIpc) is 2.23. The van der Waals surface area contributed by atoms with Crippen molar-refractivity contribution >= 4 is 29.2 Å². The monoisotopic (exact) mass is 244 g/mol. The van der Waals surface area contributed by atoms with Crippen molar-refractivity contribution in [2.75, 3.05) is 6.61 Å². The maximum atomic E-state index is 11.5. The molecule has 1 fully saturated rings. The molecule has 2 rings (SSSR count). The van der Waals surface area contributed by atoms with Crippen LogP contribution in [-0.4, -0.2) is 12.6 Å². The Morgan fingerprint density at radius 2 is 2.07 bits per heavy atom. The van der Waals surface area contributed by atoms with Crippen LogP contribution in [-0.2, 0) is 9.53 Å². The lowest BCUT2D eigenvalue weighted by atomic mass is 9.93. The first-order valence-electron chi connectivity index (χ1n) is 4.80. The zero-order chi connectivity index (χ0) is 10.8. The normalized spacial score (nSPS) is 21.2. The number of carbonyl (C=O) groups excluding carboxylic acids is 1. The van der Waals surface area contributed by atoms with Gasteiger partial charge in [-0.2, -0.15) is 0 Å². The number of ether oxygens (including phenoxy) is 1. The highest BCUT2D eigenvalue weighted by Crippen LogP contribution is 2.31. The van der Waals surface area contributed by atoms with E-state index in [-0.39, 0.29) is 11.9 Å². The summed E-state index contributed by atoms with van der Waals surface area (Å²) in [7, 11) is 0. The minimum atomic E-state index is -0.187. The lowest BCUT2D eigenvalue weighted by Crippen LogP contribution is -2.22. The minimum Gasteiger partial charge on any atom is -0.465 e. The molecule has 4 heteroatoms. The van der Waals surface area contributed by atoms with Crippen LogP contribution < -0.4 is 0 Å². The van der Waals surface area contributed by atoms with E-state index in [4.69, 9.17) is 27.9 Å². The smallest absolute Gasteiger partial charge is 0.313 e. The van der Waals surface area contributed by atoms with Crippen LogP contribution >= 0.6 is 23.2 Å². The van der Waals surface area contributed by atoms with Crippen LogP contribution in [0.25, 0.3) is 0 Å². The maximum Gasteiger partial charge on any atom is 0.313 e. The molecule has 0 aliphatic carbocycles. The lowest BCUT2D eigenvalue weighted by molar-refractivity contribution is -0.149. The van der Waals surface area contributed by atoms with Crippen molar-refractivity contribution in [3.05, 3.63) is 33.8 Å². The first-order valence-corrected chi connectivity index (χ1v) is 5.55. The van der Waals surface area contributed by atoms with Gasteiger partial charge >= 0.3 is 5.97 Å². The molecule has 0 amide bonds. The molecular weight excluding hydrogens is 235 g/mol. The van der Waals surface area contributed by atoms with Crippen molar-refractivity contribution in [2.45, 2.75) is 18.8 Å². The summed E-state index contributed by atoms with van der Waals surface area (Å²) in [4.78, 5) is 11.5. The van der Waals surface area contributed by atoms with E-state index >= 15 is 0 Å². The van der Waals surface area contributed by atoms with Gasteiger partial charge < -0.3 is 4.74 Å². The van der Waals surface area contributed by atoms with Crippen molar-refractivity contribution in [2.24, 2.45) is 0 Å². The number of benzene rings is 1. The van der Waals surface area contributed by atoms with Crippen molar-refractivity contribution in [3.8, 4) is 0 Å². The van der Waals surface area contributed by atoms with Gasteiger partial charge in [0.25, 0.3) is 0 Å². The Labute approximate surface area is 98.1 Å². The number of rotatable bonds is 1. The predicted octanol–water partition coefficient (Wildman–Crippen LogP) is 3.41. The molecule has 1 aliphatic heterocycles. The predicted molar refractivity (Wildman–Crippen MR) is 59.4 cm³/mol. The topological polar surface area (TPSA) is 26.3 Å². The number of halogens is 2. The van der Waals surface area contributed by atoms with Gasteiger partial charge in [-0.05, 0) is 30.5 Å². The molecule has 0 saturated carbocycles. The van der Waals surface area contributed by atoms with Crippen LogP contribution in [0.15, 0.2) is 18.2 Å². The first kappa shape index (κ1) is 10.8. The Bertz CT molecular complexity index is 390. The molecule has 0 radical (unpaired) electrons. The average molecular weight is 245 g/mol. The highest BCUT2D eigenvalue weighted by atomic mass is 35.5. The van der Waals surface area contributed by atoms with E-state index < -0.39 is 0 Å². The van der Waals surface area contributed by atoms with E-state index in [1.807, 2.05) is 6.07 Å². The highest BCUT2D eigenvalue weighted by Gasteiger charge is 2.25. The van der Waals surface area contributed by atoms with E-state index in [1.165, 1.54) is 0 Å². The Morgan fingerprint density at radius 3 is 2.73 bits per heavy atom. The van der Waals surface area contributed by atoms with E-state index in [9.17, 15) is 4.79 Å². The van der Waals surface area contributed by atoms with Gasteiger partial charge in [0.1, 0.15) is 0 Å². The molecule has 15 heavy (non-hydrogen) atoms. The molecule has 1 saturated heterocycles. The Hall–Kier alpha value is -0.730. The molecular formula is C11H10Cl2O2. The Balaban J connectivity index is 2.28. The van der Waals surface area contributed by atoms with Crippen LogP contribution in [0.1, 0.15) is 24.3 Å². The maximum absolute atomic E-state index is 11.5. The fourth-order valence-electron chi connectivity index (χ4n) is 1.71. The zero-order valence-electron chi connectivity index (χ0n) is 8.00. The van der Waals surface area contributed by atoms with Crippen molar-refractivity contribution in [3.63, 3.8) is 0 Å². The van der Waals surface area contributed by atoms with Gasteiger partial charge in [0.05, 0.1) is 22.6 Å². The third-order valence-corrected chi connectivity index (χ3v) is 3.25. The Kier molecular flexibility index (Phi) is 3.17. The summed E-state index contributed by atoms with van der Waals surface area (Å²) in [6.45, 7) is 0.524. The van der Waals surface area contributed by atoms with E-state index in [0.29, 0.717) is 16.7 Å². The van der Waals surface area contributed by atoms with E-state index in [0.717, 1.165) is 18.4 Å². The first-order chi connectivity index (χ1) is 7.18. The van der Waals surface area contributed by atoms with Crippen LogP contribution in [0.4, 0.5) is 0 Å². The molecule has 80 valence electrons. The molecule has 1 atom stereocenters. The summed E-state index contributed by atoms with van der Waals surface area (Å²) in [5.41, 5.74) is 0.883. The third-order valence-electron chi connectivity index (χ3n) is 2.51. The second kappa shape index (κ2) is 4.42. The summed E-state index contributed by atoms with van der Waals surface area (Å²) in [5, 5.41) is 0.983. The van der Waals surface area contributed by atoms with Crippen molar-refractivity contribution < 1.29 is 9.53 Å². The molecule has 1 aliphatic rings. The second-order valence-corrected chi connectivity index (χ2v) is 4.35. The van der Waals surface area contributed by atoms with Crippen LogP contribution in [0.3, 0.4) is 0 Å². The summed E-state index contributed by atoms with van der Waals surface area (Å²) in [6.07, 6.45) is 1.72. The number of cyclic esters (lactones) is 1. The molecule has 1 heterocycles. The molecule has 0 bridgehead atoms. The summed E-state index contributed by atoms with van der Waals surface area (Å²) < 4.78 is 5.00. The Morgan fingerprint density at radius 1 is 1.27 bits per heavy atom. The fraction of sp³-hybridized carbons (Fsp3) is 0.364. The number of hydrogen-bond acceptors (Lipinski definition) is 2.